The number of carbonyl (C=O) groups excluding carboxylic acids is 1. The maximum Gasteiger partial charge on any atom is 0.225 e. The van der Waals surface area contributed by atoms with Gasteiger partial charge in [-0.25, -0.2) is 0 Å². The quantitative estimate of drug-likeness (QED) is 0.897. The Kier molecular flexibility index (Phi) is 3.65. The third kappa shape index (κ3) is 2.77. The minimum Gasteiger partial charge on any atom is -0.384 e. The van der Waals surface area contributed by atoms with E-state index in [9.17, 15) is 4.79 Å². The topological polar surface area (TPSA) is 41.1 Å². The Hall–Kier alpha value is -2.29. The first kappa shape index (κ1) is 13.7. The number of fused-ring (bicyclic) bond motifs is 1. The van der Waals surface area contributed by atoms with E-state index >= 15 is 0 Å². The van der Waals surface area contributed by atoms with Gasteiger partial charge in [0.2, 0.25) is 5.91 Å². The second kappa shape index (κ2) is 5.60. The summed E-state index contributed by atoms with van der Waals surface area (Å²) >= 11 is 0. The maximum absolute atomic E-state index is 12.3. The lowest BCUT2D eigenvalue weighted by Gasteiger charge is -2.13. The van der Waals surface area contributed by atoms with Gasteiger partial charge < -0.3 is 10.6 Å². The van der Waals surface area contributed by atoms with Gasteiger partial charge in [-0.05, 0) is 42.7 Å². The van der Waals surface area contributed by atoms with E-state index in [0.29, 0.717) is 6.42 Å². The molecule has 108 valence electrons. The van der Waals surface area contributed by atoms with E-state index in [4.69, 9.17) is 0 Å². The predicted molar refractivity (Wildman–Crippen MR) is 86.8 cm³/mol. The zero-order valence-electron chi connectivity index (χ0n) is 12.4. The van der Waals surface area contributed by atoms with E-state index in [1.807, 2.05) is 31.2 Å². The molecule has 1 aliphatic rings. The highest BCUT2D eigenvalue weighted by molar-refractivity contribution is 5.92. The minimum atomic E-state index is 0.0761. The molecule has 1 atom stereocenters. The largest absolute Gasteiger partial charge is 0.384 e. The molecule has 0 spiro atoms. The molecule has 1 heterocycles. The Bertz CT molecular complexity index is 679. The first-order valence-electron chi connectivity index (χ1n) is 7.34. The molecule has 0 fully saturated rings. The van der Waals surface area contributed by atoms with Crippen molar-refractivity contribution in [3.8, 4) is 0 Å². The van der Waals surface area contributed by atoms with E-state index in [-0.39, 0.29) is 11.8 Å². The fourth-order valence-electron chi connectivity index (χ4n) is 2.85. The Morgan fingerprint density at radius 3 is 2.86 bits per heavy atom. The summed E-state index contributed by atoms with van der Waals surface area (Å²) in [7, 11) is 0. The summed E-state index contributed by atoms with van der Waals surface area (Å²) in [4.78, 5) is 12.3. The molecule has 0 aliphatic carbocycles. The summed E-state index contributed by atoms with van der Waals surface area (Å²) in [6.07, 6.45) is 0.511. The van der Waals surface area contributed by atoms with Crippen LogP contribution in [-0.4, -0.2) is 12.5 Å². The van der Waals surface area contributed by atoms with Crippen LogP contribution in [0.4, 0.5) is 11.4 Å². The number of para-hydroxylation sites is 1. The molecule has 1 unspecified atom stereocenters. The second-order valence-corrected chi connectivity index (χ2v) is 5.66. The average molecular weight is 280 g/mol. The van der Waals surface area contributed by atoms with E-state index in [0.717, 1.165) is 23.5 Å². The van der Waals surface area contributed by atoms with Gasteiger partial charge in [0.1, 0.15) is 0 Å². The van der Waals surface area contributed by atoms with Crippen LogP contribution in [0.2, 0.25) is 0 Å². The second-order valence-electron chi connectivity index (χ2n) is 5.66. The third-order valence-electron chi connectivity index (χ3n) is 4.25. The number of nitrogens with one attached hydrogen (secondary N) is 2. The number of hydrogen-bond acceptors (Lipinski definition) is 2. The Morgan fingerprint density at radius 1 is 1.19 bits per heavy atom. The van der Waals surface area contributed by atoms with Crippen LogP contribution in [-0.2, 0) is 4.79 Å². The van der Waals surface area contributed by atoms with Crippen molar-refractivity contribution in [3.05, 3.63) is 59.2 Å². The summed E-state index contributed by atoms with van der Waals surface area (Å²) in [6, 6.07) is 14.2. The molecule has 2 aromatic rings. The molecule has 3 nitrogen and oxygen atoms in total. The number of anilines is 2. The molecule has 2 N–H and O–H groups in total. The van der Waals surface area contributed by atoms with Crippen LogP contribution in [0, 0.1) is 13.8 Å². The van der Waals surface area contributed by atoms with Gasteiger partial charge in [-0.2, -0.15) is 0 Å². The van der Waals surface area contributed by atoms with Crippen LogP contribution in [0.5, 0.6) is 0 Å². The number of rotatable bonds is 3. The van der Waals surface area contributed by atoms with Crippen LogP contribution in [0.15, 0.2) is 42.5 Å². The Labute approximate surface area is 125 Å². The van der Waals surface area contributed by atoms with Crippen molar-refractivity contribution in [2.24, 2.45) is 0 Å². The van der Waals surface area contributed by atoms with Crippen molar-refractivity contribution >= 4 is 17.3 Å². The zero-order valence-corrected chi connectivity index (χ0v) is 12.4. The molecule has 0 saturated carbocycles. The van der Waals surface area contributed by atoms with Crippen molar-refractivity contribution in [2.75, 3.05) is 17.2 Å². The van der Waals surface area contributed by atoms with E-state index < -0.39 is 0 Å². The van der Waals surface area contributed by atoms with Crippen molar-refractivity contribution < 1.29 is 4.79 Å². The fourth-order valence-corrected chi connectivity index (χ4v) is 2.85. The van der Waals surface area contributed by atoms with Crippen molar-refractivity contribution in [2.45, 2.75) is 26.2 Å². The van der Waals surface area contributed by atoms with Crippen LogP contribution < -0.4 is 10.6 Å². The van der Waals surface area contributed by atoms with Crippen molar-refractivity contribution in [1.29, 1.82) is 0 Å². The van der Waals surface area contributed by atoms with Gasteiger partial charge in [-0.3, -0.25) is 4.79 Å². The van der Waals surface area contributed by atoms with Gasteiger partial charge in [-0.15, -0.1) is 0 Å². The highest BCUT2D eigenvalue weighted by Crippen LogP contribution is 2.33. The Balaban J connectivity index is 1.69. The zero-order chi connectivity index (χ0) is 14.8. The number of carbonyl (C=O) groups is 1. The molecule has 0 saturated heterocycles. The molecule has 0 radical (unpaired) electrons. The summed E-state index contributed by atoms with van der Waals surface area (Å²) in [6.45, 7) is 4.93. The summed E-state index contributed by atoms with van der Waals surface area (Å²) in [5.41, 5.74) is 5.64. The van der Waals surface area contributed by atoms with Gasteiger partial charge in [0, 0.05) is 30.3 Å². The first-order valence-corrected chi connectivity index (χ1v) is 7.34. The van der Waals surface area contributed by atoms with Crippen molar-refractivity contribution in [1.82, 2.24) is 0 Å². The summed E-state index contributed by atoms with van der Waals surface area (Å²) in [5.74, 6) is 0.332. The van der Waals surface area contributed by atoms with Gasteiger partial charge >= 0.3 is 0 Å². The number of amides is 1. The molecular formula is C18H20N2O. The van der Waals surface area contributed by atoms with Gasteiger partial charge in [0.15, 0.2) is 0 Å². The molecule has 3 heteroatoms. The molecule has 0 bridgehead atoms. The van der Waals surface area contributed by atoms with Crippen LogP contribution in [0.25, 0.3) is 0 Å². The standard InChI is InChI=1S/C18H20N2O/c1-12-6-5-9-16(13(12)2)20-18(21)10-14-11-19-17-8-4-3-7-15(14)17/h3-9,14,19H,10-11H2,1-2H3,(H,20,21). The molecular weight excluding hydrogens is 260 g/mol. The number of aryl methyl sites for hydroxylation is 1. The molecule has 2 aromatic carbocycles. The normalized spacial score (nSPS) is 16.2. The van der Waals surface area contributed by atoms with Crippen LogP contribution >= 0.6 is 0 Å². The average Bonchev–Trinajstić information content (AvgIpc) is 2.87. The van der Waals surface area contributed by atoms with Gasteiger partial charge in [-0.1, -0.05) is 30.3 Å². The fraction of sp³-hybridized carbons (Fsp3) is 0.278. The SMILES string of the molecule is Cc1cccc(NC(=O)CC2CNc3ccccc32)c1C. The smallest absolute Gasteiger partial charge is 0.225 e. The lowest BCUT2D eigenvalue weighted by molar-refractivity contribution is -0.116. The van der Waals surface area contributed by atoms with Gasteiger partial charge in [0.05, 0.1) is 0 Å². The Morgan fingerprint density at radius 2 is 2.00 bits per heavy atom. The van der Waals surface area contributed by atoms with Crippen LogP contribution in [0.3, 0.4) is 0 Å². The van der Waals surface area contributed by atoms with E-state index in [1.165, 1.54) is 11.1 Å². The highest BCUT2D eigenvalue weighted by atomic mass is 16.1. The lowest BCUT2D eigenvalue weighted by Crippen LogP contribution is -2.17. The summed E-state index contributed by atoms with van der Waals surface area (Å²) in [5, 5.41) is 6.40. The van der Waals surface area contributed by atoms with E-state index in [1.54, 1.807) is 0 Å². The number of hydrogen-bond donors (Lipinski definition) is 2. The predicted octanol–water partition coefficient (Wildman–Crippen LogP) is 3.84. The summed E-state index contributed by atoms with van der Waals surface area (Å²) < 4.78 is 0. The first-order chi connectivity index (χ1) is 10.1. The molecule has 1 amide bonds. The maximum atomic E-state index is 12.3. The van der Waals surface area contributed by atoms with Crippen molar-refractivity contribution in [3.63, 3.8) is 0 Å². The van der Waals surface area contributed by atoms with E-state index in [2.05, 4.69) is 35.8 Å². The van der Waals surface area contributed by atoms with Gasteiger partial charge in [0.25, 0.3) is 0 Å². The third-order valence-corrected chi connectivity index (χ3v) is 4.25. The molecule has 21 heavy (non-hydrogen) atoms. The molecule has 1 aliphatic heterocycles. The van der Waals surface area contributed by atoms with Crippen LogP contribution in [0.1, 0.15) is 29.0 Å². The monoisotopic (exact) mass is 280 g/mol. The highest BCUT2D eigenvalue weighted by Gasteiger charge is 2.24. The molecule has 3 rings (SSSR count). The molecule has 0 aromatic heterocycles. The lowest BCUT2D eigenvalue weighted by atomic mass is 9.97. The number of benzene rings is 2. The minimum absolute atomic E-state index is 0.0761.